The fourth-order valence-corrected chi connectivity index (χ4v) is 2.77. The highest BCUT2D eigenvalue weighted by atomic mass is 35.5. The summed E-state index contributed by atoms with van der Waals surface area (Å²) in [5, 5.41) is 7.56. The van der Waals surface area contributed by atoms with E-state index in [1.54, 1.807) is 0 Å². The van der Waals surface area contributed by atoms with Crippen LogP contribution < -0.4 is 15.5 Å². The third kappa shape index (κ3) is 4.58. The van der Waals surface area contributed by atoms with Gasteiger partial charge in [0.1, 0.15) is 0 Å². The Hall–Kier alpha value is -1.82. The highest BCUT2D eigenvalue weighted by molar-refractivity contribution is 7.80. The van der Waals surface area contributed by atoms with Gasteiger partial charge in [-0.25, -0.2) is 0 Å². The Balaban J connectivity index is 1.57. The van der Waals surface area contributed by atoms with E-state index in [4.69, 9.17) is 28.6 Å². The molecule has 120 valence electrons. The predicted molar refractivity (Wildman–Crippen MR) is 101 cm³/mol. The third-order valence-electron chi connectivity index (χ3n) is 3.60. The summed E-state index contributed by atoms with van der Waals surface area (Å²) in [7, 11) is 0. The second kappa shape index (κ2) is 7.64. The van der Waals surface area contributed by atoms with Crippen molar-refractivity contribution in [3.8, 4) is 0 Å². The van der Waals surface area contributed by atoms with Crippen molar-refractivity contribution in [2.45, 2.75) is 0 Å². The van der Waals surface area contributed by atoms with Gasteiger partial charge in [0.15, 0.2) is 5.11 Å². The zero-order valence-corrected chi connectivity index (χ0v) is 14.2. The molecule has 0 saturated carbocycles. The van der Waals surface area contributed by atoms with Gasteiger partial charge < -0.3 is 20.3 Å². The summed E-state index contributed by atoms with van der Waals surface area (Å²) in [6.07, 6.45) is 0. The molecule has 4 nitrogen and oxygen atoms in total. The number of ether oxygens (including phenoxy) is 1. The molecule has 0 aromatic heterocycles. The Labute approximate surface area is 146 Å². The molecule has 0 amide bonds. The highest BCUT2D eigenvalue weighted by Gasteiger charge is 2.10. The molecule has 6 heteroatoms. The van der Waals surface area contributed by atoms with Gasteiger partial charge in [0, 0.05) is 35.2 Å². The minimum Gasteiger partial charge on any atom is -0.378 e. The maximum absolute atomic E-state index is 5.87. The Kier molecular flexibility index (Phi) is 5.33. The van der Waals surface area contributed by atoms with Gasteiger partial charge in [0.25, 0.3) is 0 Å². The monoisotopic (exact) mass is 347 g/mol. The van der Waals surface area contributed by atoms with Gasteiger partial charge in [-0.2, -0.15) is 0 Å². The molecule has 0 aliphatic carbocycles. The van der Waals surface area contributed by atoms with E-state index < -0.39 is 0 Å². The van der Waals surface area contributed by atoms with Crippen LogP contribution in [0, 0.1) is 0 Å². The van der Waals surface area contributed by atoms with Crippen molar-refractivity contribution in [3.05, 3.63) is 53.6 Å². The topological polar surface area (TPSA) is 36.5 Å². The first-order valence-electron chi connectivity index (χ1n) is 7.47. The van der Waals surface area contributed by atoms with Gasteiger partial charge >= 0.3 is 0 Å². The molecule has 2 aromatic carbocycles. The first-order valence-corrected chi connectivity index (χ1v) is 8.26. The van der Waals surface area contributed by atoms with Crippen LogP contribution in [0.2, 0.25) is 5.02 Å². The molecule has 0 bridgehead atoms. The number of thiocarbonyl (C=S) groups is 1. The summed E-state index contributed by atoms with van der Waals surface area (Å²) in [5.74, 6) is 0. The maximum Gasteiger partial charge on any atom is 0.175 e. The second-order valence-corrected chi connectivity index (χ2v) is 6.08. The molecule has 1 saturated heterocycles. The normalized spacial score (nSPS) is 14.4. The number of halogens is 1. The van der Waals surface area contributed by atoms with Crippen molar-refractivity contribution in [2.24, 2.45) is 0 Å². The molecule has 1 fully saturated rings. The molecule has 1 heterocycles. The van der Waals surface area contributed by atoms with E-state index in [2.05, 4.69) is 27.7 Å². The fraction of sp³-hybridized carbons (Fsp3) is 0.235. The highest BCUT2D eigenvalue weighted by Crippen LogP contribution is 2.19. The molecule has 0 unspecified atom stereocenters. The predicted octanol–water partition coefficient (Wildman–Crippen LogP) is 3.99. The van der Waals surface area contributed by atoms with E-state index in [9.17, 15) is 0 Å². The lowest BCUT2D eigenvalue weighted by atomic mass is 10.2. The summed E-state index contributed by atoms with van der Waals surface area (Å²) in [4.78, 5) is 2.32. The summed E-state index contributed by atoms with van der Waals surface area (Å²) < 4.78 is 5.37. The first kappa shape index (κ1) is 16.1. The minimum atomic E-state index is 0.548. The van der Waals surface area contributed by atoms with Crippen molar-refractivity contribution < 1.29 is 4.74 Å². The van der Waals surface area contributed by atoms with Gasteiger partial charge in [-0.3, -0.25) is 0 Å². The van der Waals surface area contributed by atoms with Crippen molar-refractivity contribution in [3.63, 3.8) is 0 Å². The van der Waals surface area contributed by atoms with E-state index in [0.29, 0.717) is 10.1 Å². The second-order valence-electron chi connectivity index (χ2n) is 5.23. The summed E-state index contributed by atoms with van der Waals surface area (Å²) in [6.45, 7) is 3.44. The number of rotatable bonds is 3. The van der Waals surface area contributed by atoms with E-state index >= 15 is 0 Å². The zero-order chi connectivity index (χ0) is 16.1. The van der Waals surface area contributed by atoms with Gasteiger partial charge in [-0.1, -0.05) is 11.6 Å². The largest absolute Gasteiger partial charge is 0.378 e. The zero-order valence-electron chi connectivity index (χ0n) is 12.6. The van der Waals surface area contributed by atoms with Crippen LogP contribution in [0.5, 0.6) is 0 Å². The number of anilines is 3. The molecular formula is C17H18ClN3OS. The van der Waals surface area contributed by atoms with Crippen LogP contribution in [0.25, 0.3) is 0 Å². The lowest BCUT2D eigenvalue weighted by Gasteiger charge is -2.29. The molecular weight excluding hydrogens is 330 g/mol. The lowest BCUT2D eigenvalue weighted by molar-refractivity contribution is 0.122. The number of hydrogen-bond acceptors (Lipinski definition) is 3. The molecule has 1 aliphatic heterocycles. The molecule has 2 N–H and O–H groups in total. The van der Waals surface area contributed by atoms with Crippen molar-refractivity contribution in [1.82, 2.24) is 0 Å². The number of nitrogens with zero attached hydrogens (tertiary/aromatic N) is 1. The van der Waals surface area contributed by atoms with Crippen molar-refractivity contribution >= 4 is 46.0 Å². The molecule has 1 aliphatic rings. The van der Waals surface area contributed by atoms with Gasteiger partial charge in [-0.15, -0.1) is 0 Å². The van der Waals surface area contributed by atoms with Gasteiger partial charge in [0.05, 0.1) is 13.2 Å². The Morgan fingerprint density at radius 3 is 2.00 bits per heavy atom. The lowest BCUT2D eigenvalue weighted by Crippen LogP contribution is -2.36. The van der Waals surface area contributed by atoms with Crippen LogP contribution in [0.4, 0.5) is 17.1 Å². The van der Waals surface area contributed by atoms with Crippen LogP contribution in [0.3, 0.4) is 0 Å². The van der Waals surface area contributed by atoms with Crippen LogP contribution in [0.1, 0.15) is 0 Å². The van der Waals surface area contributed by atoms with Gasteiger partial charge in [-0.05, 0) is 60.7 Å². The Morgan fingerprint density at radius 1 is 0.913 bits per heavy atom. The van der Waals surface area contributed by atoms with E-state index in [-0.39, 0.29) is 0 Å². The van der Waals surface area contributed by atoms with Crippen LogP contribution in [-0.4, -0.2) is 31.4 Å². The summed E-state index contributed by atoms with van der Waals surface area (Å²) in [6, 6.07) is 15.7. The molecule has 0 radical (unpaired) electrons. The number of hydrogen-bond donors (Lipinski definition) is 2. The average molecular weight is 348 g/mol. The SMILES string of the molecule is S=C(Nc1ccc(Cl)cc1)Nc1ccc(N2CCOCC2)cc1. The quantitative estimate of drug-likeness (QED) is 0.821. The van der Waals surface area contributed by atoms with Crippen molar-refractivity contribution in [1.29, 1.82) is 0 Å². The maximum atomic E-state index is 5.87. The molecule has 0 atom stereocenters. The molecule has 3 rings (SSSR count). The molecule has 0 spiro atoms. The Morgan fingerprint density at radius 2 is 1.43 bits per heavy atom. The van der Waals surface area contributed by atoms with Crippen LogP contribution >= 0.6 is 23.8 Å². The summed E-state index contributed by atoms with van der Waals surface area (Å²) >= 11 is 11.2. The number of morpholine rings is 1. The third-order valence-corrected chi connectivity index (χ3v) is 4.06. The van der Waals surface area contributed by atoms with Crippen LogP contribution in [-0.2, 0) is 4.74 Å². The number of nitrogens with one attached hydrogen (secondary N) is 2. The van der Waals surface area contributed by atoms with Gasteiger partial charge in [0.2, 0.25) is 0 Å². The first-order chi connectivity index (χ1) is 11.2. The Bertz CT molecular complexity index is 655. The number of benzene rings is 2. The smallest absolute Gasteiger partial charge is 0.175 e. The standard InChI is InChI=1S/C17H18ClN3OS/c18-13-1-3-14(4-2-13)19-17(23)20-15-5-7-16(8-6-15)21-9-11-22-12-10-21/h1-8H,9-12H2,(H2,19,20,23). The van der Waals surface area contributed by atoms with Crippen LogP contribution in [0.15, 0.2) is 48.5 Å². The van der Waals surface area contributed by atoms with Crippen molar-refractivity contribution in [2.75, 3.05) is 41.8 Å². The fourth-order valence-electron chi connectivity index (χ4n) is 2.40. The van der Waals surface area contributed by atoms with E-state index in [1.807, 2.05) is 36.4 Å². The molecule has 2 aromatic rings. The summed E-state index contributed by atoms with van der Waals surface area (Å²) in [5.41, 5.74) is 3.06. The molecule has 23 heavy (non-hydrogen) atoms. The minimum absolute atomic E-state index is 0.548. The van der Waals surface area contributed by atoms with E-state index in [0.717, 1.165) is 37.7 Å². The van der Waals surface area contributed by atoms with E-state index in [1.165, 1.54) is 5.69 Å². The average Bonchev–Trinajstić information content (AvgIpc) is 2.58.